The molecule has 20 heavy (non-hydrogen) atoms. The van der Waals surface area contributed by atoms with Crippen molar-refractivity contribution in [2.45, 2.75) is 61.3 Å². The molecule has 0 saturated heterocycles. The Balaban J connectivity index is 0. The highest BCUT2D eigenvalue weighted by molar-refractivity contribution is 5.02. The number of allylic oxidation sites excluding steroid dienone is 2. The molecule has 3 heteroatoms. The molecule has 0 spiro atoms. The smallest absolute Gasteiger partial charge is 0.0319 e. The van der Waals surface area contributed by atoms with Gasteiger partial charge in [0, 0.05) is 7.11 Å². The maximum Gasteiger partial charge on any atom is 0.0319 e. The first-order chi connectivity index (χ1) is 9.14. The van der Waals surface area contributed by atoms with E-state index in [9.17, 15) is 0 Å². The van der Waals surface area contributed by atoms with Crippen molar-refractivity contribution < 1.29 is 15.6 Å². The zero-order valence-electron chi connectivity index (χ0n) is 14.6. The molecule has 0 fully saturated rings. The van der Waals surface area contributed by atoms with Gasteiger partial charge in [0.05, 0.1) is 0 Å². The summed E-state index contributed by atoms with van der Waals surface area (Å²) in [4.78, 5) is 0. The van der Waals surface area contributed by atoms with E-state index in [0.29, 0.717) is 10.8 Å². The average Bonchev–Trinajstić information content (AvgIpc) is 2.55. The Kier molecular flexibility index (Phi) is 10.4. The molecule has 0 aromatic carbocycles. The standard InChI is InChI=1S/C16H30.CH4O.H2O2/c1-12-13(15(2,3)4)10-8-9-11-14(12)16(5,6)7;2*1-2/h8,10,12-14H,9,11H2,1-7H3;2H,1H3;1-2H/t12?,13-,14?;;/m0../s1. The van der Waals surface area contributed by atoms with E-state index in [1.54, 1.807) is 0 Å². The van der Waals surface area contributed by atoms with E-state index >= 15 is 0 Å². The lowest BCUT2D eigenvalue weighted by Gasteiger charge is -2.42. The van der Waals surface area contributed by atoms with Crippen LogP contribution in [0.4, 0.5) is 0 Å². The third-order valence-electron chi connectivity index (χ3n) is 4.30. The number of hydrogen-bond donors (Lipinski definition) is 3. The zero-order valence-corrected chi connectivity index (χ0v) is 14.6. The lowest BCUT2D eigenvalue weighted by molar-refractivity contribution is -0.176. The lowest BCUT2D eigenvalue weighted by atomic mass is 9.63. The van der Waals surface area contributed by atoms with Gasteiger partial charge >= 0.3 is 0 Å². The number of rotatable bonds is 0. The first-order valence-corrected chi connectivity index (χ1v) is 7.45. The Labute approximate surface area is 125 Å². The minimum atomic E-state index is 0.393. The fraction of sp³-hybridized carbons (Fsp3) is 0.882. The molecule has 1 aliphatic carbocycles. The van der Waals surface area contributed by atoms with Crippen LogP contribution in [0.15, 0.2) is 12.2 Å². The van der Waals surface area contributed by atoms with Crippen molar-refractivity contribution in [2.75, 3.05) is 7.11 Å². The van der Waals surface area contributed by atoms with E-state index in [1.165, 1.54) is 12.8 Å². The third kappa shape index (κ3) is 6.87. The molecule has 3 atom stereocenters. The fourth-order valence-corrected chi connectivity index (χ4v) is 3.51. The van der Waals surface area contributed by atoms with Crippen LogP contribution in [-0.2, 0) is 0 Å². The molecule has 1 rings (SSSR count). The van der Waals surface area contributed by atoms with Crippen LogP contribution in [0.3, 0.4) is 0 Å². The van der Waals surface area contributed by atoms with Gasteiger partial charge in [0.15, 0.2) is 0 Å². The summed E-state index contributed by atoms with van der Waals surface area (Å²) in [5, 5.41) is 19.0. The van der Waals surface area contributed by atoms with Gasteiger partial charge in [-0.15, -0.1) is 0 Å². The first-order valence-electron chi connectivity index (χ1n) is 7.45. The monoisotopic (exact) mass is 288 g/mol. The Morgan fingerprint density at radius 1 is 0.900 bits per heavy atom. The summed E-state index contributed by atoms with van der Waals surface area (Å²) in [6.07, 6.45) is 7.52. The van der Waals surface area contributed by atoms with Crippen molar-refractivity contribution in [3.05, 3.63) is 12.2 Å². The van der Waals surface area contributed by atoms with Gasteiger partial charge in [-0.1, -0.05) is 60.6 Å². The van der Waals surface area contributed by atoms with E-state index in [2.05, 4.69) is 60.6 Å². The first kappa shape index (κ1) is 21.9. The minimum absolute atomic E-state index is 0.393. The predicted molar refractivity (Wildman–Crippen MR) is 86.8 cm³/mol. The van der Waals surface area contributed by atoms with E-state index in [4.69, 9.17) is 15.6 Å². The molecule has 0 saturated carbocycles. The van der Waals surface area contributed by atoms with Gasteiger partial charge in [0.25, 0.3) is 0 Å². The van der Waals surface area contributed by atoms with Gasteiger partial charge in [-0.05, 0) is 41.4 Å². The van der Waals surface area contributed by atoms with Crippen molar-refractivity contribution in [1.29, 1.82) is 0 Å². The molecule has 2 unspecified atom stereocenters. The van der Waals surface area contributed by atoms with Crippen LogP contribution in [0, 0.1) is 28.6 Å². The largest absolute Gasteiger partial charge is 0.400 e. The molecule has 0 heterocycles. The summed E-state index contributed by atoms with van der Waals surface area (Å²) in [5.41, 5.74) is 0.832. The van der Waals surface area contributed by atoms with Crippen molar-refractivity contribution in [3.8, 4) is 0 Å². The Bertz CT molecular complexity index is 258. The van der Waals surface area contributed by atoms with E-state index < -0.39 is 0 Å². The second-order valence-corrected chi connectivity index (χ2v) is 7.73. The van der Waals surface area contributed by atoms with Crippen LogP contribution in [-0.4, -0.2) is 22.7 Å². The number of aliphatic hydroxyl groups excluding tert-OH is 1. The molecule has 122 valence electrons. The van der Waals surface area contributed by atoms with Gasteiger partial charge in [-0.2, -0.15) is 0 Å². The molecule has 0 aliphatic heterocycles. The summed E-state index contributed by atoms with van der Waals surface area (Å²) in [7, 11) is 1.00. The highest BCUT2D eigenvalue weighted by Crippen LogP contribution is 2.46. The van der Waals surface area contributed by atoms with E-state index in [0.717, 1.165) is 24.9 Å². The maximum absolute atomic E-state index is 7.00. The SMILES string of the molecule is CC1C(C(C)(C)C)CCC=C[C@@H]1C(C)(C)C.CO.OO. The molecule has 0 amide bonds. The average molecular weight is 288 g/mol. The van der Waals surface area contributed by atoms with Crippen LogP contribution in [0.2, 0.25) is 0 Å². The van der Waals surface area contributed by atoms with E-state index in [1.807, 2.05) is 0 Å². The van der Waals surface area contributed by atoms with Gasteiger partial charge < -0.3 is 5.11 Å². The predicted octanol–water partition coefficient (Wildman–Crippen LogP) is 4.92. The molecule has 1 aliphatic rings. The van der Waals surface area contributed by atoms with Gasteiger partial charge in [-0.3, -0.25) is 10.5 Å². The normalized spacial score (nSPS) is 26.6. The summed E-state index contributed by atoms with van der Waals surface area (Å²) in [6.45, 7) is 16.8. The highest BCUT2D eigenvalue weighted by Gasteiger charge is 2.38. The second kappa shape index (κ2) is 9.54. The summed E-state index contributed by atoms with van der Waals surface area (Å²) in [6, 6.07) is 0. The van der Waals surface area contributed by atoms with Crippen LogP contribution in [0.25, 0.3) is 0 Å². The van der Waals surface area contributed by atoms with Crippen molar-refractivity contribution in [3.63, 3.8) is 0 Å². The Morgan fingerprint density at radius 3 is 1.70 bits per heavy atom. The molecular weight excluding hydrogens is 252 g/mol. The summed E-state index contributed by atoms with van der Waals surface area (Å²) in [5.74, 6) is 2.35. The van der Waals surface area contributed by atoms with Crippen LogP contribution >= 0.6 is 0 Å². The summed E-state index contributed by atoms with van der Waals surface area (Å²) >= 11 is 0. The van der Waals surface area contributed by atoms with Crippen molar-refractivity contribution >= 4 is 0 Å². The molecule has 3 N–H and O–H groups in total. The highest BCUT2D eigenvalue weighted by atomic mass is 17.0. The fourth-order valence-electron chi connectivity index (χ4n) is 3.51. The molecule has 0 aromatic rings. The van der Waals surface area contributed by atoms with Crippen molar-refractivity contribution in [2.24, 2.45) is 28.6 Å². The van der Waals surface area contributed by atoms with Gasteiger partial charge in [0.2, 0.25) is 0 Å². The third-order valence-corrected chi connectivity index (χ3v) is 4.30. The molecule has 0 aromatic heterocycles. The van der Waals surface area contributed by atoms with Crippen LogP contribution < -0.4 is 0 Å². The second-order valence-electron chi connectivity index (χ2n) is 7.73. The maximum atomic E-state index is 7.00. The van der Waals surface area contributed by atoms with Crippen molar-refractivity contribution in [1.82, 2.24) is 0 Å². The Morgan fingerprint density at radius 2 is 1.35 bits per heavy atom. The number of hydrogen-bond acceptors (Lipinski definition) is 3. The molecule has 3 nitrogen and oxygen atoms in total. The van der Waals surface area contributed by atoms with Crippen LogP contribution in [0.1, 0.15) is 61.3 Å². The molecule has 0 radical (unpaired) electrons. The topological polar surface area (TPSA) is 60.7 Å². The summed E-state index contributed by atoms with van der Waals surface area (Å²) < 4.78 is 0. The lowest BCUT2D eigenvalue weighted by Crippen LogP contribution is -2.34. The molecular formula is C17H36O3. The Hall–Kier alpha value is -0.380. The quantitative estimate of drug-likeness (QED) is 0.337. The van der Waals surface area contributed by atoms with E-state index in [-0.39, 0.29) is 0 Å². The molecule has 0 bridgehead atoms. The number of aliphatic hydroxyl groups is 1. The van der Waals surface area contributed by atoms with Gasteiger partial charge in [0.1, 0.15) is 0 Å². The van der Waals surface area contributed by atoms with Gasteiger partial charge in [-0.25, -0.2) is 0 Å². The van der Waals surface area contributed by atoms with Crippen LogP contribution in [0.5, 0.6) is 0 Å². The zero-order chi connectivity index (χ0) is 16.6. The minimum Gasteiger partial charge on any atom is -0.400 e.